The van der Waals surface area contributed by atoms with Crippen LogP contribution in [0.1, 0.15) is 44.9 Å². The van der Waals surface area contributed by atoms with Crippen LogP contribution in [-0.2, 0) is 0 Å². The van der Waals surface area contributed by atoms with Crippen molar-refractivity contribution in [1.29, 1.82) is 0 Å². The third kappa shape index (κ3) is 7.35. The highest BCUT2D eigenvalue weighted by atomic mass is 79.9. The Bertz CT molecular complexity index is 650. The molecule has 0 aromatic carbocycles. The van der Waals surface area contributed by atoms with E-state index < -0.39 is 0 Å². The Morgan fingerprint density at radius 1 is 0.719 bits per heavy atom. The smallest absolute Gasteiger partial charge is 0.236 e. The van der Waals surface area contributed by atoms with Gasteiger partial charge in [0.1, 0.15) is 17.1 Å². The van der Waals surface area contributed by atoms with Gasteiger partial charge in [0.15, 0.2) is 0 Å². The average Bonchev–Trinajstić information content (AvgIpc) is 2.77. The van der Waals surface area contributed by atoms with Crippen molar-refractivity contribution in [3.8, 4) is 11.8 Å². The van der Waals surface area contributed by atoms with Crippen molar-refractivity contribution in [2.45, 2.75) is 62.0 Å². The molecule has 1 aromatic rings. The molecular formula is C22H39Br2N5O2S. The minimum Gasteiger partial charge on any atom is -0.473 e. The fourth-order valence-corrected chi connectivity index (χ4v) is 5.03. The van der Waals surface area contributed by atoms with Crippen LogP contribution < -0.4 is 14.4 Å². The van der Waals surface area contributed by atoms with Crippen LogP contribution >= 0.6 is 45.7 Å². The molecule has 0 aliphatic carbocycles. The molecule has 10 heteroatoms. The Balaban J connectivity index is 0.00000181. The number of piperidine rings is 3. The van der Waals surface area contributed by atoms with Gasteiger partial charge in [-0.05, 0) is 65.3 Å². The first-order valence-corrected chi connectivity index (χ1v) is 12.8. The molecule has 1 aromatic heterocycles. The van der Waals surface area contributed by atoms with Gasteiger partial charge in [-0.3, -0.25) is 0 Å². The van der Waals surface area contributed by atoms with E-state index in [9.17, 15) is 0 Å². The molecule has 4 rings (SSSR count). The second kappa shape index (κ2) is 13.6. The van der Waals surface area contributed by atoms with Crippen LogP contribution in [0.25, 0.3) is 0 Å². The zero-order valence-corrected chi connectivity index (χ0v) is 23.9. The van der Waals surface area contributed by atoms with Crippen LogP contribution in [-0.4, -0.2) is 91.6 Å². The van der Waals surface area contributed by atoms with Gasteiger partial charge in [0.25, 0.3) is 0 Å². The molecule has 32 heavy (non-hydrogen) atoms. The van der Waals surface area contributed by atoms with E-state index in [1.807, 2.05) is 0 Å². The number of rotatable bonds is 6. The van der Waals surface area contributed by atoms with E-state index in [1.54, 1.807) is 11.8 Å². The largest absolute Gasteiger partial charge is 0.473 e. The summed E-state index contributed by atoms with van der Waals surface area (Å²) in [5.74, 6) is 2.21. The Morgan fingerprint density at radius 3 is 1.56 bits per heavy atom. The number of aromatic nitrogens is 2. The molecular weight excluding hydrogens is 558 g/mol. The van der Waals surface area contributed by atoms with E-state index in [0.29, 0.717) is 0 Å². The minimum atomic E-state index is 0. The molecule has 3 aliphatic rings. The highest BCUT2D eigenvalue weighted by Gasteiger charge is 2.27. The zero-order valence-electron chi connectivity index (χ0n) is 19.6. The highest BCUT2D eigenvalue weighted by molar-refractivity contribution is 8.93. The summed E-state index contributed by atoms with van der Waals surface area (Å²) in [6, 6.07) is 0. The van der Waals surface area contributed by atoms with E-state index in [0.717, 1.165) is 87.6 Å². The minimum absolute atomic E-state index is 0. The maximum atomic E-state index is 6.49. The van der Waals surface area contributed by atoms with Crippen LogP contribution in [0.5, 0.6) is 11.8 Å². The summed E-state index contributed by atoms with van der Waals surface area (Å²) in [5, 5.41) is 0. The second-order valence-electron chi connectivity index (χ2n) is 8.96. The van der Waals surface area contributed by atoms with Gasteiger partial charge in [0.05, 0.1) is 0 Å². The van der Waals surface area contributed by atoms with E-state index in [-0.39, 0.29) is 46.2 Å². The van der Waals surface area contributed by atoms with Gasteiger partial charge in [-0.2, -0.15) is 9.97 Å². The van der Waals surface area contributed by atoms with Crippen molar-refractivity contribution in [2.24, 2.45) is 0 Å². The molecule has 3 aliphatic heterocycles. The predicted molar refractivity (Wildman–Crippen MR) is 143 cm³/mol. The summed E-state index contributed by atoms with van der Waals surface area (Å²) >= 11 is 1.64. The summed E-state index contributed by atoms with van der Waals surface area (Å²) in [5.41, 5.74) is 0. The highest BCUT2D eigenvalue weighted by Crippen LogP contribution is 2.38. The molecule has 0 bridgehead atoms. The maximum Gasteiger partial charge on any atom is 0.236 e. The van der Waals surface area contributed by atoms with Gasteiger partial charge >= 0.3 is 0 Å². The van der Waals surface area contributed by atoms with Crippen LogP contribution in [0.4, 0.5) is 5.95 Å². The molecule has 0 saturated carbocycles. The van der Waals surface area contributed by atoms with E-state index >= 15 is 0 Å². The van der Waals surface area contributed by atoms with Crippen molar-refractivity contribution in [3.05, 3.63) is 0 Å². The molecule has 4 heterocycles. The maximum absolute atomic E-state index is 6.49. The molecule has 0 amide bonds. The van der Waals surface area contributed by atoms with Crippen molar-refractivity contribution in [2.75, 3.05) is 64.5 Å². The summed E-state index contributed by atoms with van der Waals surface area (Å²) < 4.78 is 13.0. The van der Waals surface area contributed by atoms with Crippen LogP contribution in [0.2, 0.25) is 0 Å². The molecule has 7 nitrogen and oxygen atoms in total. The Morgan fingerprint density at radius 2 is 1.16 bits per heavy atom. The van der Waals surface area contributed by atoms with Crippen LogP contribution in [0, 0.1) is 0 Å². The van der Waals surface area contributed by atoms with Gasteiger partial charge in [0, 0.05) is 39.3 Å². The van der Waals surface area contributed by atoms with Crippen LogP contribution in [0.15, 0.2) is 4.90 Å². The lowest BCUT2D eigenvalue weighted by Gasteiger charge is -2.32. The van der Waals surface area contributed by atoms with Crippen molar-refractivity contribution >= 4 is 51.7 Å². The summed E-state index contributed by atoms with van der Waals surface area (Å²) in [7, 11) is 4.35. The Hall–Kier alpha value is -0.290. The average molecular weight is 597 g/mol. The molecule has 3 fully saturated rings. The quantitative estimate of drug-likeness (QED) is 0.451. The lowest BCUT2D eigenvalue weighted by atomic mass is 10.1. The predicted octanol–water partition coefficient (Wildman–Crippen LogP) is 4.29. The van der Waals surface area contributed by atoms with Crippen LogP contribution in [0.3, 0.4) is 0 Å². The Labute approximate surface area is 218 Å². The number of thioether (sulfide) groups is 1. The SMILES string of the molecule is Br.Br.CSc1c(OC2CCN(C)CC2)nc(N2CCCCC2)nc1OC1CCN(C)CC1. The standard InChI is InChI=1S/C22H37N5O2S.2BrH/c1-25-13-7-17(8-14-25)28-20-19(30-3)21(29-18-9-15-26(2)16-10-18)24-22(23-20)27-11-5-4-6-12-27;;/h17-18H,4-16H2,1-3H3;2*1H. The lowest BCUT2D eigenvalue weighted by Crippen LogP contribution is -2.37. The molecule has 0 radical (unpaired) electrons. The first-order valence-electron chi connectivity index (χ1n) is 11.5. The Kier molecular flexibility index (Phi) is 11.8. The van der Waals surface area contributed by atoms with E-state index in [1.165, 1.54) is 19.3 Å². The van der Waals surface area contributed by atoms with Gasteiger partial charge in [-0.1, -0.05) is 0 Å². The first-order chi connectivity index (χ1) is 14.6. The van der Waals surface area contributed by atoms with Gasteiger partial charge < -0.3 is 24.2 Å². The molecule has 0 N–H and O–H groups in total. The molecule has 3 saturated heterocycles. The molecule has 0 atom stereocenters. The molecule has 184 valence electrons. The number of anilines is 1. The molecule has 0 unspecified atom stereocenters. The second-order valence-corrected chi connectivity index (χ2v) is 9.77. The van der Waals surface area contributed by atoms with Crippen molar-refractivity contribution in [3.63, 3.8) is 0 Å². The summed E-state index contributed by atoms with van der Waals surface area (Å²) in [6.45, 7) is 6.31. The third-order valence-electron chi connectivity index (χ3n) is 6.52. The van der Waals surface area contributed by atoms with Crippen molar-refractivity contribution in [1.82, 2.24) is 19.8 Å². The van der Waals surface area contributed by atoms with E-state index in [2.05, 4.69) is 35.1 Å². The van der Waals surface area contributed by atoms with E-state index in [4.69, 9.17) is 19.4 Å². The first kappa shape index (κ1) is 28.0. The van der Waals surface area contributed by atoms with Gasteiger partial charge in [0.2, 0.25) is 17.7 Å². The number of hydrogen-bond donors (Lipinski definition) is 0. The number of likely N-dealkylation sites (tertiary alicyclic amines) is 2. The third-order valence-corrected chi connectivity index (χ3v) is 7.28. The lowest BCUT2D eigenvalue weighted by molar-refractivity contribution is 0.0961. The van der Waals surface area contributed by atoms with Crippen molar-refractivity contribution < 1.29 is 9.47 Å². The number of halogens is 2. The topological polar surface area (TPSA) is 54.0 Å². The fourth-order valence-electron chi connectivity index (χ4n) is 4.49. The monoisotopic (exact) mass is 595 g/mol. The number of nitrogens with zero attached hydrogens (tertiary/aromatic N) is 5. The molecule has 0 spiro atoms. The van der Waals surface area contributed by atoms with Gasteiger partial charge in [-0.15, -0.1) is 45.7 Å². The summed E-state index contributed by atoms with van der Waals surface area (Å²) in [4.78, 5) is 17.8. The number of hydrogen-bond acceptors (Lipinski definition) is 8. The summed E-state index contributed by atoms with van der Waals surface area (Å²) in [6.07, 6.45) is 10.3. The normalized spacial score (nSPS) is 21.5. The van der Waals surface area contributed by atoms with Gasteiger partial charge in [-0.25, -0.2) is 0 Å². The number of ether oxygens (including phenoxy) is 2. The zero-order chi connectivity index (χ0) is 20.9. The fraction of sp³-hybridized carbons (Fsp3) is 0.818.